The average molecular weight is 352 g/mol. The van der Waals surface area contributed by atoms with Crippen molar-refractivity contribution in [3.63, 3.8) is 0 Å². The van der Waals surface area contributed by atoms with Gasteiger partial charge in [0.25, 0.3) is 0 Å². The second-order valence-corrected chi connectivity index (χ2v) is 6.49. The summed E-state index contributed by atoms with van der Waals surface area (Å²) in [5.41, 5.74) is 2.18. The molecule has 6 heteroatoms. The fraction of sp³-hybridized carbons (Fsp3) is 0.300. The van der Waals surface area contributed by atoms with E-state index in [-0.39, 0.29) is 5.82 Å². The molecule has 0 spiro atoms. The van der Waals surface area contributed by atoms with Crippen LogP contribution in [-0.4, -0.2) is 41.0 Å². The predicted molar refractivity (Wildman–Crippen MR) is 98.2 cm³/mol. The molecule has 0 unspecified atom stereocenters. The molecule has 1 aromatic carbocycles. The van der Waals surface area contributed by atoms with Gasteiger partial charge in [-0.1, -0.05) is 0 Å². The van der Waals surface area contributed by atoms with Gasteiger partial charge in [0.05, 0.1) is 6.26 Å². The topological polar surface area (TPSA) is 45.4 Å². The van der Waals surface area contributed by atoms with Gasteiger partial charge in [-0.05, 0) is 42.8 Å². The molecule has 0 saturated carbocycles. The largest absolute Gasteiger partial charge is 0.461 e. The summed E-state index contributed by atoms with van der Waals surface area (Å²) >= 11 is 0. The van der Waals surface area contributed by atoms with E-state index in [1.165, 1.54) is 12.1 Å². The SMILES string of the molecule is Fc1ccc(N2CCCN(Cc3cnc(-c4ccco4)nc3)CC2)cc1. The van der Waals surface area contributed by atoms with E-state index in [1.807, 2.05) is 36.7 Å². The van der Waals surface area contributed by atoms with Crippen LogP contribution in [0.15, 0.2) is 59.5 Å². The zero-order valence-corrected chi connectivity index (χ0v) is 14.5. The molecule has 1 aliphatic rings. The number of anilines is 1. The lowest BCUT2D eigenvalue weighted by Gasteiger charge is -2.23. The highest BCUT2D eigenvalue weighted by Gasteiger charge is 2.16. The van der Waals surface area contributed by atoms with Crippen LogP contribution >= 0.6 is 0 Å². The number of furan rings is 1. The third-order valence-corrected chi connectivity index (χ3v) is 4.63. The van der Waals surface area contributed by atoms with Gasteiger partial charge in [-0.2, -0.15) is 0 Å². The summed E-state index contributed by atoms with van der Waals surface area (Å²) in [5, 5.41) is 0. The number of hydrogen-bond acceptors (Lipinski definition) is 5. The Morgan fingerprint density at radius 2 is 1.77 bits per heavy atom. The molecule has 3 aromatic rings. The summed E-state index contributed by atoms with van der Waals surface area (Å²) in [6.07, 6.45) is 6.43. The molecule has 0 atom stereocenters. The molecule has 26 heavy (non-hydrogen) atoms. The lowest BCUT2D eigenvalue weighted by molar-refractivity contribution is 0.285. The normalized spacial score (nSPS) is 15.8. The summed E-state index contributed by atoms with van der Waals surface area (Å²) < 4.78 is 18.4. The van der Waals surface area contributed by atoms with Gasteiger partial charge in [0.1, 0.15) is 5.82 Å². The standard InChI is InChI=1S/C20H21FN4O/c21-17-4-6-18(7-5-17)25-9-2-8-24(10-11-25)15-16-13-22-20(23-14-16)19-3-1-12-26-19/h1,3-7,12-14H,2,8-11,15H2. The maximum atomic E-state index is 13.1. The molecule has 0 N–H and O–H groups in total. The molecule has 1 saturated heterocycles. The Morgan fingerprint density at radius 3 is 2.50 bits per heavy atom. The zero-order valence-electron chi connectivity index (χ0n) is 14.5. The number of benzene rings is 1. The van der Waals surface area contributed by atoms with E-state index < -0.39 is 0 Å². The van der Waals surface area contributed by atoms with Crippen molar-refractivity contribution in [2.24, 2.45) is 0 Å². The van der Waals surface area contributed by atoms with Gasteiger partial charge in [0.2, 0.25) is 0 Å². The Bertz CT molecular complexity index is 818. The van der Waals surface area contributed by atoms with Crippen molar-refractivity contribution in [3.8, 4) is 11.6 Å². The van der Waals surface area contributed by atoms with Crippen LogP contribution in [0.2, 0.25) is 0 Å². The molecule has 0 aliphatic carbocycles. The number of aromatic nitrogens is 2. The van der Waals surface area contributed by atoms with Crippen LogP contribution in [0.25, 0.3) is 11.6 Å². The highest BCUT2D eigenvalue weighted by atomic mass is 19.1. The molecule has 0 bridgehead atoms. The maximum Gasteiger partial charge on any atom is 0.195 e. The first kappa shape index (κ1) is 16.7. The van der Waals surface area contributed by atoms with Gasteiger partial charge in [-0.25, -0.2) is 14.4 Å². The van der Waals surface area contributed by atoms with E-state index in [0.29, 0.717) is 11.6 Å². The number of hydrogen-bond donors (Lipinski definition) is 0. The van der Waals surface area contributed by atoms with E-state index in [9.17, 15) is 4.39 Å². The van der Waals surface area contributed by atoms with Crippen molar-refractivity contribution >= 4 is 5.69 Å². The van der Waals surface area contributed by atoms with E-state index >= 15 is 0 Å². The Kier molecular flexibility index (Phi) is 4.93. The molecule has 0 amide bonds. The molecule has 2 aromatic heterocycles. The maximum absolute atomic E-state index is 13.1. The number of halogens is 1. The molecular formula is C20H21FN4O. The molecule has 134 valence electrons. The van der Waals surface area contributed by atoms with Crippen molar-refractivity contribution in [1.29, 1.82) is 0 Å². The van der Waals surface area contributed by atoms with E-state index in [4.69, 9.17) is 4.42 Å². The molecule has 4 rings (SSSR count). The van der Waals surface area contributed by atoms with Gasteiger partial charge in [0.15, 0.2) is 11.6 Å². The Balaban J connectivity index is 1.36. The molecular weight excluding hydrogens is 331 g/mol. The van der Waals surface area contributed by atoms with Gasteiger partial charge in [0, 0.05) is 56.4 Å². The minimum absolute atomic E-state index is 0.191. The van der Waals surface area contributed by atoms with Crippen LogP contribution in [0.3, 0.4) is 0 Å². The lowest BCUT2D eigenvalue weighted by atomic mass is 10.2. The zero-order chi connectivity index (χ0) is 17.8. The van der Waals surface area contributed by atoms with Gasteiger partial charge >= 0.3 is 0 Å². The minimum atomic E-state index is -0.191. The summed E-state index contributed by atoms with van der Waals surface area (Å²) in [7, 11) is 0. The smallest absolute Gasteiger partial charge is 0.195 e. The van der Waals surface area contributed by atoms with Crippen molar-refractivity contribution in [2.45, 2.75) is 13.0 Å². The quantitative estimate of drug-likeness (QED) is 0.718. The third-order valence-electron chi connectivity index (χ3n) is 4.63. The Labute approximate surface area is 152 Å². The van der Waals surface area contributed by atoms with Crippen molar-refractivity contribution in [1.82, 2.24) is 14.9 Å². The Hall–Kier alpha value is -2.73. The monoisotopic (exact) mass is 352 g/mol. The van der Waals surface area contributed by atoms with Crippen molar-refractivity contribution < 1.29 is 8.81 Å². The fourth-order valence-electron chi connectivity index (χ4n) is 3.27. The molecule has 5 nitrogen and oxygen atoms in total. The van der Waals surface area contributed by atoms with Crippen molar-refractivity contribution in [3.05, 3.63) is 66.4 Å². The summed E-state index contributed by atoms with van der Waals surface area (Å²) in [6, 6.07) is 10.4. The second-order valence-electron chi connectivity index (χ2n) is 6.49. The number of nitrogens with zero attached hydrogens (tertiary/aromatic N) is 4. The van der Waals surface area contributed by atoms with E-state index in [0.717, 1.165) is 50.4 Å². The highest BCUT2D eigenvalue weighted by Crippen LogP contribution is 2.18. The summed E-state index contributed by atoms with van der Waals surface area (Å²) in [6.45, 7) is 4.72. The van der Waals surface area contributed by atoms with Crippen LogP contribution in [0.5, 0.6) is 0 Å². The highest BCUT2D eigenvalue weighted by molar-refractivity contribution is 5.46. The minimum Gasteiger partial charge on any atom is -0.461 e. The second kappa shape index (κ2) is 7.66. The first-order chi connectivity index (χ1) is 12.8. The lowest BCUT2D eigenvalue weighted by Crippen LogP contribution is -2.30. The fourth-order valence-corrected chi connectivity index (χ4v) is 3.27. The summed E-state index contributed by atoms with van der Waals surface area (Å²) in [5.74, 6) is 1.10. The average Bonchev–Trinajstić information content (AvgIpc) is 3.11. The first-order valence-corrected chi connectivity index (χ1v) is 8.85. The number of rotatable bonds is 4. The van der Waals surface area contributed by atoms with Gasteiger partial charge in [-0.3, -0.25) is 4.90 Å². The van der Waals surface area contributed by atoms with Crippen LogP contribution in [0.4, 0.5) is 10.1 Å². The molecule has 3 heterocycles. The van der Waals surface area contributed by atoms with Gasteiger partial charge in [-0.15, -0.1) is 0 Å². The van der Waals surface area contributed by atoms with Crippen LogP contribution in [-0.2, 0) is 6.54 Å². The van der Waals surface area contributed by atoms with Crippen LogP contribution < -0.4 is 4.90 Å². The van der Waals surface area contributed by atoms with E-state index in [2.05, 4.69) is 19.8 Å². The molecule has 0 radical (unpaired) electrons. The van der Waals surface area contributed by atoms with Crippen LogP contribution in [0.1, 0.15) is 12.0 Å². The first-order valence-electron chi connectivity index (χ1n) is 8.85. The van der Waals surface area contributed by atoms with Gasteiger partial charge < -0.3 is 9.32 Å². The van der Waals surface area contributed by atoms with E-state index in [1.54, 1.807) is 6.26 Å². The Morgan fingerprint density at radius 1 is 0.962 bits per heavy atom. The third kappa shape index (κ3) is 3.91. The molecule has 1 fully saturated rings. The van der Waals surface area contributed by atoms with Crippen molar-refractivity contribution in [2.75, 3.05) is 31.1 Å². The van der Waals surface area contributed by atoms with Crippen LogP contribution in [0, 0.1) is 5.82 Å². The summed E-state index contributed by atoms with van der Waals surface area (Å²) in [4.78, 5) is 13.5. The molecule has 1 aliphatic heterocycles. The predicted octanol–water partition coefficient (Wildman–Crippen LogP) is 3.59.